The van der Waals surface area contributed by atoms with Gasteiger partial charge in [-0.05, 0) is 45.1 Å². The molecule has 5 nitrogen and oxygen atoms in total. The third kappa shape index (κ3) is 2.91. The second-order valence-corrected chi connectivity index (χ2v) is 5.77. The topological polar surface area (TPSA) is 75.3 Å². The summed E-state index contributed by atoms with van der Waals surface area (Å²) in [5, 5.41) is 17.6. The zero-order valence-electron chi connectivity index (χ0n) is 12.1. The molecule has 1 saturated heterocycles. The number of anilines is 1. The Labute approximate surface area is 125 Å². The fourth-order valence-corrected chi connectivity index (χ4v) is 3.08. The van der Waals surface area contributed by atoms with Gasteiger partial charge in [0.1, 0.15) is 4.99 Å². The molecule has 3 N–H and O–H groups in total. The quantitative estimate of drug-likeness (QED) is 0.801. The highest BCUT2D eigenvalue weighted by Gasteiger charge is 2.29. The molecular formula is C14H22N4OS. The smallest absolute Gasteiger partial charge is 0.162 e. The van der Waals surface area contributed by atoms with Crippen molar-refractivity contribution in [2.45, 2.75) is 45.6 Å². The number of aryl methyl sites for hydroxylation is 1. The van der Waals surface area contributed by atoms with Crippen LogP contribution in [0.3, 0.4) is 0 Å². The van der Waals surface area contributed by atoms with Gasteiger partial charge >= 0.3 is 0 Å². The van der Waals surface area contributed by atoms with Gasteiger partial charge in [-0.3, -0.25) is 0 Å². The number of rotatable bonds is 5. The van der Waals surface area contributed by atoms with Crippen LogP contribution in [-0.2, 0) is 0 Å². The van der Waals surface area contributed by atoms with E-state index in [9.17, 15) is 0 Å². The highest BCUT2D eigenvalue weighted by Crippen LogP contribution is 2.30. The molecule has 0 bridgehead atoms. The first-order valence-corrected chi connectivity index (χ1v) is 7.48. The lowest BCUT2D eigenvalue weighted by atomic mass is 10.1. The van der Waals surface area contributed by atoms with Crippen LogP contribution in [0.15, 0.2) is 0 Å². The van der Waals surface area contributed by atoms with Gasteiger partial charge < -0.3 is 15.7 Å². The molecule has 0 saturated carbocycles. The summed E-state index contributed by atoms with van der Waals surface area (Å²) >= 11 is 5.20. The minimum absolute atomic E-state index is 0.227. The number of thiocarbonyl (C=S) groups is 1. The van der Waals surface area contributed by atoms with Crippen molar-refractivity contribution in [3.05, 3.63) is 16.8 Å². The van der Waals surface area contributed by atoms with Gasteiger partial charge in [-0.25, -0.2) is 0 Å². The second-order valence-electron chi connectivity index (χ2n) is 5.33. The Morgan fingerprint density at radius 2 is 2.20 bits per heavy atom. The normalized spacial score (nSPS) is 18.6. The number of aromatic nitrogens is 2. The van der Waals surface area contributed by atoms with Crippen molar-refractivity contribution in [1.82, 2.24) is 10.2 Å². The van der Waals surface area contributed by atoms with Crippen molar-refractivity contribution in [2.24, 2.45) is 5.73 Å². The van der Waals surface area contributed by atoms with Crippen LogP contribution in [0.25, 0.3) is 0 Å². The molecule has 0 amide bonds. The molecule has 1 aliphatic rings. The second kappa shape index (κ2) is 6.45. The van der Waals surface area contributed by atoms with E-state index in [-0.39, 0.29) is 6.61 Å². The molecule has 20 heavy (non-hydrogen) atoms. The van der Waals surface area contributed by atoms with Crippen molar-refractivity contribution in [3.63, 3.8) is 0 Å². The highest BCUT2D eigenvalue weighted by molar-refractivity contribution is 7.80. The van der Waals surface area contributed by atoms with Crippen molar-refractivity contribution < 1.29 is 5.11 Å². The van der Waals surface area contributed by atoms with E-state index in [2.05, 4.69) is 15.1 Å². The minimum atomic E-state index is 0.227. The van der Waals surface area contributed by atoms with Crippen molar-refractivity contribution in [3.8, 4) is 0 Å². The van der Waals surface area contributed by atoms with E-state index in [1.807, 2.05) is 13.8 Å². The van der Waals surface area contributed by atoms with E-state index in [0.29, 0.717) is 11.0 Å². The van der Waals surface area contributed by atoms with Gasteiger partial charge in [0.05, 0.1) is 11.3 Å². The molecule has 1 atom stereocenters. The standard InChI is InChI=1S/C14H22N4OS/c1-9-10(2)16-17-14(12(9)13(15)20)18-7-3-5-11(18)6-4-8-19/h11,19H,3-8H2,1-2H3,(H2,15,20). The van der Waals surface area contributed by atoms with E-state index < -0.39 is 0 Å². The van der Waals surface area contributed by atoms with Gasteiger partial charge in [-0.2, -0.15) is 5.10 Å². The molecule has 6 heteroatoms. The third-order valence-corrected chi connectivity index (χ3v) is 4.23. The fourth-order valence-electron chi connectivity index (χ4n) is 2.83. The van der Waals surface area contributed by atoms with Crippen LogP contribution in [0.4, 0.5) is 5.82 Å². The predicted molar refractivity (Wildman–Crippen MR) is 84.1 cm³/mol. The van der Waals surface area contributed by atoms with Gasteiger partial charge in [0.2, 0.25) is 0 Å². The Morgan fingerprint density at radius 1 is 1.45 bits per heavy atom. The summed E-state index contributed by atoms with van der Waals surface area (Å²) in [5.74, 6) is 0.807. The molecule has 0 aromatic carbocycles. The monoisotopic (exact) mass is 294 g/mol. The molecule has 0 aliphatic carbocycles. The van der Waals surface area contributed by atoms with Crippen LogP contribution >= 0.6 is 12.2 Å². The van der Waals surface area contributed by atoms with Crippen molar-refractivity contribution >= 4 is 23.0 Å². The molecule has 1 aromatic heterocycles. The maximum atomic E-state index is 9.02. The molecule has 110 valence electrons. The molecule has 2 heterocycles. The molecule has 1 fully saturated rings. The lowest BCUT2D eigenvalue weighted by molar-refractivity contribution is 0.279. The molecular weight excluding hydrogens is 272 g/mol. The summed E-state index contributed by atoms with van der Waals surface area (Å²) < 4.78 is 0. The first-order valence-electron chi connectivity index (χ1n) is 7.07. The van der Waals surface area contributed by atoms with Crippen LogP contribution in [0, 0.1) is 13.8 Å². The summed E-state index contributed by atoms with van der Waals surface area (Å²) in [6.07, 6.45) is 4.01. The average molecular weight is 294 g/mol. The minimum Gasteiger partial charge on any atom is -0.396 e. The van der Waals surface area contributed by atoms with Crippen LogP contribution in [0.2, 0.25) is 0 Å². The summed E-state index contributed by atoms with van der Waals surface area (Å²) in [5.41, 5.74) is 8.62. The Balaban J connectivity index is 2.36. The molecule has 1 unspecified atom stereocenters. The summed E-state index contributed by atoms with van der Waals surface area (Å²) in [7, 11) is 0. The van der Waals surface area contributed by atoms with E-state index in [1.165, 1.54) is 0 Å². The molecule has 0 spiro atoms. The van der Waals surface area contributed by atoms with E-state index in [1.54, 1.807) is 0 Å². The van der Waals surface area contributed by atoms with Crippen LogP contribution in [0.5, 0.6) is 0 Å². The number of hydrogen-bond acceptors (Lipinski definition) is 5. The van der Waals surface area contributed by atoms with Crippen LogP contribution in [-0.4, -0.2) is 39.5 Å². The number of aliphatic hydroxyl groups is 1. The maximum absolute atomic E-state index is 9.02. The predicted octanol–water partition coefficient (Wildman–Crippen LogP) is 1.47. The highest BCUT2D eigenvalue weighted by atomic mass is 32.1. The van der Waals surface area contributed by atoms with Gasteiger partial charge in [0.25, 0.3) is 0 Å². The lowest BCUT2D eigenvalue weighted by Crippen LogP contribution is -2.33. The van der Waals surface area contributed by atoms with E-state index in [4.69, 9.17) is 23.1 Å². The number of nitrogens with zero attached hydrogens (tertiary/aromatic N) is 3. The van der Waals surface area contributed by atoms with E-state index >= 15 is 0 Å². The molecule has 1 aliphatic heterocycles. The Bertz CT molecular complexity index is 506. The van der Waals surface area contributed by atoms with Gasteiger partial charge in [-0.15, -0.1) is 5.10 Å². The summed E-state index contributed by atoms with van der Waals surface area (Å²) in [6.45, 7) is 5.08. The lowest BCUT2D eigenvalue weighted by Gasteiger charge is -2.27. The number of nitrogens with two attached hydrogens (primary N) is 1. The molecule has 1 aromatic rings. The van der Waals surface area contributed by atoms with Gasteiger partial charge in [0.15, 0.2) is 5.82 Å². The summed E-state index contributed by atoms with van der Waals surface area (Å²) in [4.78, 5) is 2.63. The Hall–Kier alpha value is -1.27. The average Bonchev–Trinajstić information content (AvgIpc) is 2.87. The maximum Gasteiger partial charge on any atom is 0.162 e. The first-order chi connectivity index (χ1) is 9.56. The first kappa shape index (κ1) is 15.1. The zero-order chi connectivity index (χ0) is 14.7. The fraction of sp³-hybridized carbons (Fsp3) is 0.643. The van der Waals surface area contributed by atoms with Gasteiger partial charge in [-0.1, -0.05) is 12.2 Å². The molecule has 2 rings (SSSR count). The Morgan fingerprint density at radius 3 is 2.85 bits per heavy atom. The largest absolute Gasteiger partial charge is 0.396 e. The number of hydrogen-bond donors (Lipinski definition) is 2. The summed E-state index contributed by atoms with van der Waals surface area (Å²) in [6, 6.07) is 0.395. The molecule has 0 radical (unpaired) electrons. The van der Waals surface area contributed by atoms with Gasteiger partial charge in [0, 0.05) is 19.2 Å². The SMILES string of the molecule is Cc1nnc(N2CCCC2CCCO)c(C(N)=S)c1C. The van der Waals surface area contributed by atoms with E-state index in [0.717, 1.165) is 54.9 Å². The Kier molecular flexibility index (Phi) is 4.88. The van der Waals surface area contributed by atoms with Crippen molar-refractivity contribution in [1.29, 1.82) is 0 Å². The third-order valence-electron chi connectivity index (χ3n) is 4.03. The van der Waals surface area contributed by atoms with Crippen LogP contribution in [0.1, 0.15) is 42.5 Å². The van der Waals surface area contributed by atoms with Crippen molar-refractivity contribution in [2.75, 3.05) is 18.1 Å². The van der Waals surface area contributed by atoms with Crippen LogP contribution < -0.4 is 10.6 Å². The number of aliphatic hydroxyl groups excluding tert-OH is 1. The zero-order valence-corrected chi connectivity index (χ0v) is 12.9.